The average Bonchev–Trinajstić information content (AvgIpc) is 3.03. The highest BCUT2D eigenvalue weighted by Crippen LogP contribution is 2.21. The number of thioether (sulfide) groups is 1. The third-order valence-corrected chi connectivity index (χ3v) is 3.76. The van der Waals surface area contributed by atoms with Gasteiger partial charge in [-0.25, -0.2) is 4.79 Å². The van der Waals surface area contributed by atoms with E-state index in [-0.39, 0.29) is 24.2 Å². The smallest absolute Gasteiger partial charge is 0.340 e. The van der Waals surface area contributed by atoms with E-state index >= 15 is 0 Å². The second-order valence-electron chi connectivity index (χ2n) is 5.16. The second-order valence-corrected chi connectivity index (χ2v) is 6.09. The van der Waals surface area contributed by atoms with Crippen LogP contribution in [-0.2, 0) is 9.53 Å². The molecule has 0 radical (unpaired) electrons. The van der Waals surface area contributed by atoms with E-state index in [1.807, 2.05) is 13.8 Å². The molecule has 24 heavy (non-hydrogen) atoms. The number of carbonyl (C=O) groups excluding carboxylic acids is 2. The maximum Gasteiger partial charge on any atom is 0.340 e. The third kappa shape index (κ3) is 4.82. The first kappa shape index (κ1) is 18.0. The number of aromatic nitrogens is 2. The van der Waals surface area contributed by atoms with Crippen LogP contribution in [0.1, 0.15) is 42.9 Å². The van der Waals surface area contributed by atoms with E-state index in [0.717, 1.165) is 11.8 Å². The fourth-order valence-electron chi connectivity index (χ4n) is 1.80. The summed E-state index contributed by atoms with van der Waals surface area (Å²) < 4.78 is 10.4. The summed E-state index contributed by atoms with van der Waals surface area (Å²) in [6.45, 7) is 5.89. The van der Waals surface area contributed by atoms with Crippen LogP contribution >= 0.6 is 11.8 Å². The summed E-state index contributed by atoms with van der Waals surface area (Å²) in [5, 5.41) is 10.8. The molecule has 1 heterocycles. The van der Waals surface area contributed by atoms with Crippen LogP contribution in [0.25, 0.3) is 0 Å². The standard InChI is InChI=1S/C16H19N3O4S/c1-4-22-15(21)11-7-5-6-8-12(11)17-13(20)9-24-16-19-18-14(23-16)10(2)3/h5-8,10H,4,9H2,1-3H3,(H,17,20). The van der Waals surface area contributed by atoms with E-state index in [0.29, 0.717) is 22.4 Å². The normalized spacial score (nSPS) is 10.7. The van der Waals surface area contributed by atoms with Gasteiger partial charge >= 0.3 is 5.97 Å². The summed E-state index contributed by atoms with van der Waals surface area (Å²) in [4.78, 5) is 24.0. The number of nitrogens with one attached hydrogen (secondary N) is 1. The van der Waals surface area contributed by atoms with Crippen LogP contribution in [0.2, 0.25) is 0 Å². The summed E-state index contributed by atoms with van der Waals surface area (Å²) in [5.74, 6) is 0.0138. The zero-order valence-corrected chi connectivity index (χ0v) is 14.6. The Morgan fingerprint density at radius 3 is 2.71 bits per heavy atom. The molecule has 0 atom stereocenters. The predicted octanol–water partition coefficient (Wildman–Crippen LogP) is 3.10. The van der Waals surface area contributed by atoms with Gasteiger partial charge in [0.25, 0.3) is 5.22 Å². The molecule has 0 unspecified atom stereocenters. The van der Waals surface area contributed by atoms with Crippen LogP contribution in [0.15, 0.2) is 33.9 Å². The van der Waals surface area contributed by atoms with E-state index in [1.54, 1.807) is 31.2 Å². The maximum absolute atomic E-state index is 12.1. The van der Waals surface area contributed by atoms with Crippen molar-refractivity contribution in [1.29, 1.82) is 0 Å². The monoisotopic (exact) mass is 349 g/mol. The summed E-state index contributed by atoms with van der Waals surface area (Å²) in [6.07, 6.45) is 0. The van der Waals surface area contributed by atoms with Crippen LogP contribution in [-0.4, -0.2) is 34.4 Å². The van der Waals surface area contributed by atoms with Crippen LogP contribution in [0, 0.1) is 0 Å². The Morgan fingerprint density at radius 2 is 2.04 bits per heavy atom. The third-order valence-electron chi connectivity index (χ3n) is 2.94. The van der Waals surface area contributed by atoms with Gasteiger partial charge in [0.05, 0.1) is 23.6 Å². The van der Waals surface area contributed by atoms with Crippen LogP contribution in [0.4, 0.5) is 5.69 Å². The predicted molar refractivity (Wildman–Crippen MR) is 90.1 cm³/mol. The Hall–Kier alpha value is -2.35. The number of hydrogen-bond acceptors (Lipinski definition) is 7. The zero-order valence-electron chi connectivity index (χ0n) is 13.7. The SMILES string of the molecule is CCOC(=O)c1ccccc1NC(=O)CSc1nnc(C(C)C)o1. The fourth-order valence-corrected chi connectivity index (χ4v) is 2.37. The van der Waals surface area contributed by atoms with Gasteiger partial charge in [0.2, 0.25) is 11.8 Å². The Balaban J connectivity index is 1.96. The molecule has 0 aliphatic rings. The molecule has 2 aromatic rings. The van der Waals surface area contributed by atoms with Crippen molar-refractivity contribution < 1.29 is 18.7 Å². The molecule has 0 bridgehead atoms. The summed E-state index contributed by atoms with van der Waals surface area (Å²) in [6, 6.07) is 6.70. The molecule has 0 fully saturated rings. The zero-order chi connectivity index (χ0) is 17.5. The molecule has 0 saturated heterocycles. The van der Waals surface area contributed by atoms with Gasteiger partial charge < -0.3 is 14.5 Å². The minimum Gasteiger partial charge on any atom is -0.462 e. The van der Waals surface area contributed by atoms with Crippen molar-refractivity contribution in [2.45, 2.75) is 31.9 Å². The maximum atomic E-state index is 12.1. The molecule has 7 nitrogen and oxygen atoms in total. The number of para-hydroxylation sites is 1. The lowest BCUT2D eigenvalue weighted by atomic mass is 10.2. The Kier molecular flexibility index (Phi) is 6.36. The highest BCUT2D eigenvalue weighted by Gasteiger charge is 2.15. The van der Waals surface area contributed by atoms with Crippen molar-refractivity contribution in [3.63, 3.8) is 0 Å². The number of esters is 1. The summed E-state index contributed by atoms with van der Waals surface area (Å²) in [5.41, 5.74) is 0.729. The molecule has 0 aliphatic carbocycles. The van der Waals surface area contributed by atoms with Gasteiger partial charge in [-0.15, -0.1) is 10.2 Å². The lowest BCUT2D eigenvalue weighted by molar-refractivity contribution is -0.113. The van der Waals surface area contributed by atoms with Gasteiger partial charge in [-0.05, 0) is 19.1 Å². The van der Waals surface area contributed by atoms with E-state index in [2.05, 4.69) is 15.5 Å². The van der Waals surface area contributed by atoms with E-state index in [1.165, 1.54) is 0 Å². The molecule has 2 rings (SSSR count). The van der Waals surface area contributed by atoms with Gasteiger partial charge in [0.1, 0.15) is 0 Å². The fraction of sp³-hybridized carbons (Fsp3) is 0.375. The summed E-state index contributed by atoms with van der Waals surface area (Å²) in [7, 11) is 0. The molecular formula is C16H19N3O4S. The lowest BCUT2D eigenvalue weighted by Gasteiger charge is -2.09. The van der Waals surface area contributed by atoms with Crippen LogP contribution in [0.5, 0.6) is 0 Å². The van der Waals surface area contributed by atoms with Crippen molar-refractivity contribution in [2.75, 3.05) is 17.7 Å². The van der Waals surface area contributed by atoms with E-state index in [4.69, 9.17) is 9.15 Å². The number of carbonyl (C=O) groups is 2. The average molecular weight is 349 g/mol. The first-order valence-electron chi connectivity index (χ1n) is 7.53. The molecule has 0 spiro atoms. The van der Waals surface area contributed by atoms with Crippen molar-refractivity contribution in [3.8, 4) is 0 Å². The largest absolute Gasteiger partial charge is 0.462 e. The van der Waals surface area contributed by atoms with Gasteiger partial charge in [0, 0.05) is 5.92 Å². The van der Waals surface area contributed by atoms with Gasteiger partial charge in [-0.3, -0.25) is 4.79 Å². The Labute approximate surface area is 144 Å². The van der Waals surface area contributed by atoms with E-state index in [9.17, 15) is 9.59 Å². The van der Waals surface area contributed by atoms with Gasteiger partial charge in [0.15, 0.2) is 0 Å². The molecule has 1 N–H and O–H groups in total. The quantitative estimate of drug-likeness (QED) is 0.606. The second kappa shape index (κ2) is 8.49. The topological polar surface area (TPSA) is 94.3 Å². The van der Waals surface area contributed by atoms with Gasteiger partial charge in [-0.1, -0.05) is 37.7 Å². The van der Waals surface area contributed by atoms with Crippen LogP contribution < -0.4 is 5.32 Å². The number of amides is 1. The number of ether oxygens (including phenoxy) is 1. The molecule has 1 aromatic heterocycles. The van der Waals surface area contributed by atoms with Crippen molar-refractivity contribution in [1.82, 2.24) is 10.2 Å². The van der Waals surface area contributed by atoms with Crippen molar-refractivity contribution >= 4 is 29.3 Å². The molecule has 0 aliphatic heterocycles. The van der Waals surface area contributed by atoms with Crippen molar-refractivity contribution in [3.05, 3.63) is 35.7 Å². The number of benzene rings is 1. The number of nitrogens with zero attached hydrogens (tertiary/aromatic N) is 2. The molecular weight excluding hydrogens is 330 g/mol. The van der Waals surface area contributed by atoms with E-state index < -0.39 is 5.97 Å². The molecule has 128 valence electrons. The van der Waals surface area contributed by atoms with Crippen LogP contribution in [0.3, 0.4) is 0 Å². The molecule has 1 amide bonds. The number of hydrogen-bond donors (Lipinski definition) is 1. The molecule has 1 aromatic carbocycles. The van der Waals surface area contributed by atoms with Gasteiger partial charge in [-0.2, -0.15) is 0 Å². The van der Waals surface area contributed by atoms with Crippen molar-refractivity contribution in [2.24, 2.45) is 0 Å². The first-order valence-corrected chi connectivity index (χ1v) is 8.52. The minimum absolute atomic E-state index is 0.0941. The number of rotatable bonds is 7. The number of anilines is 1. The minimum atomic E-state index is -0.473. The highest BCUT2D eigenvalue weighted by molar-refractivity contribution is 7.99. The summed E-state index contributed by atoms with van der Waals surface area (Å²) >= 11 is 1.14. The lowest BCUT2D eigenvalue weighted by Crippen LogP contribution is -2.17. The molecule has 0 saturated carbocycles. The Bertz CT molecular complexity index is 715. The Morgan fingerprint density at radius 1 is 1.29 bits per heavy atom. The first-order chi connectivity index (χ1) is 11.5. The molecule has 8 heteroatoms. The highest BCUT2D eigenvalue weighted by atomic mass is 32.2.